The molecule has 0 spiro atoms. The van der Waals surface area contributed by atoms with Gasteiger partial charge in [-0.25, -0.2) is 9.78 Å². The third kappa shape index (κ3) is 3.23. The Labute approximate surface area is 115 Å². The first-order valence-corrected chi connectivity index (χ1v) is 7.14. The predicted molar refractivity (Wildman–Crippen MR) is 71.8 cm³/mol. The maximum absolute atomic E-state index is 11.9. The Morgan fingerprint density at radius 2 is 2.11 bits per heavy atom. The molecule has 2 rings (SSSR count). The van der Waals surface area contributed by atoms with Crippen molar-refractivity contribution < 1.29 is 14.7 Å². The highest BCUT2D eigenvalue weighted by Gasteiger charge is 2.40. The van der Waals surface area contributed by atoms with Gasteiger partial charge in [-0.3, -0.25) is 4.79 Å². The minimum absolute atomic E-state index is 0.0722. The Balaban J connectivity index is 2.01. The second-order valence-electron chi connectivity index (χ2n) is 4.85. The van der Waals surface area contributed by atoms with E-state index in [0.29, 0.717) is 23.7 Å². The number of hydrogen-bond acceptors (Lipinski definition) is 5. The smallest absolute Gasteiger partial charge is 0.329 e. The maximum Gasteiger partial charge on any atom is 0.329 e. The van der Waals surface area contributed by atoms with Crippen LogP contribution in [0, 0.1) is 0 Å². The van der Waals surface area contributed by atoms with Gasteiger partial charge in [0.25, 0.3) is 0 Å². The van der Waals surface area contributed by atoms with Crippen molar-refractivity contribution >= 4 is 28.3 Å². The number of thiazole rings is 1. The minimum Gasteiger partial charge on any atom is -0.480 e. The lowest BCUT2D eigenvalue weighted by atomic mass is 9.81. The first kappa shape index (κ1) is 13.8. The average molecular weight is 283 g/mol. The molecule has 1 aliphatic rings. The summed E-state index contributed by atoms with van der Waals surface area (Å²) in [4.78, 5) is 27.4. The van der Waals surface area contributed by atoms with Gasteiger partial charge in [-0.05, 0) is 12.8 Å². The Kier molecular flexibility index (Phi) is 4.04. The zero-order valence-corrected chi connectivity index (χ0v) is 11.3. The number of nitrogens with two attached hydrogens (primary N) is 1. The summed E-state index contributed by atoms with van der Waals surface area (Å²) in [6.45, 7) is 0. The van der Waals surface area contributed by atoms with Crippen molar-refractivity contribution in [1.29, 1.82) is 0 Å². The molecule has 19 heavy (non-hydrogen) atoms. The van der Waals surface area contributed by atoms with E-state index >= 15 is 0 Å². The fourth-order valence-corrected chi connectivity index (χ4v) is 2.99. The SMILES string of the molecule is Nc1nc(CC(=O)NC2(C(=O)O)CCCCC2)cs1. The first-order chi connectivity index (χ1) is 9.02. The second kappa shape index (κ2) is 5.56. The van der Waals surface area contributed by atoms with Gasteiger partial charge >= 0.3 is 5.97 Å². The third-order valence-electron chi connectivity index (χ3n) is 3.41. The van der Waals surface area contributed by atoms with Crippen LogP contribution in [-0.2, 0) is 16.0 Å². The first-order valence-electron chi connectivity index (χ1n) is 6.26. The fraction of sp³-hybridized carbons (Fsp3) is 0.583. The van der Waals surface area contributed by atoms with Crippen molar-refractivity contribution in [3.63, 3.8) is 0 Å². The van der Waals surface area contributed by atoms with Crippen LogP contribution < -0.4 is 11.1 Å². The number of carboxylic acid groups (broad SMARTS) is 1. The summed E-state index contributed by atoms with van der Waals surface area (Å²) in [6, 6.07) is 0. The normalized spacial score (nSPS) is 17.9. The quantitative estimate of drug-likeness (QED) is 0.769. The standard InChI is InChI=1S/C12H17N3O3S/c13-11-14-8(7-19-11)6-9(16)15-12(10(17)18)4-2-1-3-5-12/h7H,1-6H2,(H2,13,14)(H,15,16)(H,17,18). The highest BCUT2D eigenvalue weighted by Crippen LogP contribution is 2.28. The van der Waals surface area contributed by atoms with E-state index in [-0.39, 0.29) is 12.3 Å². The summed E-state index contributed by atoms with van der Waals surface area (Å²) >= 11 is 1.27. The topological polar surface area (TPSA) is 105 Å². The monoisotopic (exact) mass is 283 g/mol. The maximum atomic E-state index is 11.9. The van der Waals surface area contributed by atoms with Gasteiger partial charge in [0, 0.05) is 5.38 Å². The summed E-state index contributed by atoms with van der Waals surface area (Å²) < 4.78 is 0. The van der Waals surface area contributed by atoms with Crippen LogP contribution in [0.2, 0.25) is 0 Å². The van der Waals surface area contributed by atoms with E-state index < -0.39 is 11.5 Å². The molecule has 0 radical (unpaired) electrons. The molecular weight excluding hydrogens is 266 g/mol. The van der Waals surface area contributed by atoms with Crippen LogP contribution in [0.1, 0.15) is 37.8 Å². The molecule has 1 aromatic heterocycles. The number of rotatable bonds is 4. The van der Waals surface area contributed by atoms with Gasteiger partial charge in [-0.15, -0.1) is 11.3 Å². The number of carbonyl (C=O) groups excluding carboxylic acids is 1. The number of aliphatic carboxylic acids is 1. The Bertz CT molecular complexity index is 480. The number of carbonyl (C=O) groups is 2. The fourth-order valence-electron chi connectivity index (χ4n) is 2.43. The molecule has 1 aromatic rings. The average Bonchev–Trinajstić information content (AvgIpc) is 2.75. The highest BCUT2D eigenvalue weighted by atomic mass is 32.1. The number of anilines is 1. The summed E-state index contributed by atoms with van der Waals surface area (Å²) in [5.74, 6) is -1.26. The summed E-state index contributed by atoms with van der Waals surface area (Å²) in [7, 11) is 0. The van der Waals surface area contributed by atoms with Crippen molar-refractivity contribution in [2.24, 2.45) is 0 Å². The number of nitrogens with one attached hydrogen (secondary N) is 1. The molecule has 0 bridgehead atoms. The summed E-state index contributed by atoms with van der Waals surface area (Å²) in [6.07, 6.45) is 3.74. The Morgan fingerprint density at radius 1 is 1.42 bits per heavy atom. The molecule has 1 saturated carbocycles. The third-order valence-corrected chi connectivity index (χ3v) is 4.13. The van der Waals surface area contributed by atoms with E-state index in [1.54, 1.807) is 5.38 Å². The van der Waals surface area contributed by atoms with Crippen LogP contribution in [0.25, 0.3) is 0 Å². The van der Waals surface area contributed by atoms with Gasteiger partial charge in [0.2, 0.25) is 5.91 Å². The molecule has 4 N–H and O–H groups in total. The molecule has 6 nitrogen and oxygen atoms in total. The van der Waals surface area contributed by atoms with Crippen LogP contribution in [0.5, 0.6) is 0 Å². The van der Waals surface area contributed by atoms with Gasteiger partial charge in [0.1, 0.15) is 5.54 Å². The van der Waals surface area contributed by atoms with Gasteiger partial charge in [-0.2, -0.15) is 0 Å². The predicted octanol–water partition coefficient (Wildman–Crippen LogP) is 1.17. The molecule has 7 heteroatoms. The Morgan fingerprint density at radius 3 is 2.63 bits per heavy atom. The van der Waals surface area contributed by atoms with E-state index in [9.17, 15) is 14.7 Å². The van der Waals surface area contributed by atoms with Gasteiger partial charge in [0.15, 0.2) is 5.13 Å². The van der Waals surface area contributed by atoms with Gasteiger partial charge < -0.3 is 16.2 Å². The number of nitrogen functional groups attached to an aromatic ring is 1. The Hall–Kier alpha value is -1.63. The zero-order chi connectivity index (χ0) is 13.9. The van der Waals surface area contributed by atoms with Crippen LogP contribution in [0.3, 0.4) is 0 Å². The molecule has 0 unspecified atom stereocenters. The lowest BCUT2D eigenvalue weighted by Crippen LogP contribution is -2.56. The van der Waals surface area contributed by atoms with Crippen LogP contribution in [0.15, 0.2) is 5.38 Å². The largest absolute Gasteiger partial charge is 0.480 e. The molecule has 104 valence electrons. The number of hydrogen-bond donors (Lipinski definition) is 3. The zero-order valence-electron chi connectivity index (χ0n) is 10.5. The molecule has 0 atom stereocenters. The molecule has 0 saturated heterocycles. The van der Waals surface area contributed by atoms with E-state index in [2.05, 4.69) is 10.3 Å². The van der Waals surface area contributed by atoms with Crippen LogP contribution >= 0.6 is 11.3 Å². The van der Waals surface area contributed by atoms with Gasteiger partial charge in [0.05, 0.1) is 12.1 Å². The molecular formula is C12H17N3O3S. The molecule has 0 aliphatic heterocycles. The number of carboxylic acids is 1. The van der Waals surface area contributed by atoms with E-state index in [1.165, 1.54) is 11.3 Å². The van der Waals surface area contributed by atoms with Crippen molar-refractivity contribution in [2.75, 3.05) is 5.73 Å². The summed E-state index contributed by atoms with van der Waals surface area (Å²) in [5.41, 5.74) is 4.97. The van der Waals surface area contributed by atoms with Crippen molar-refractivity contribution in [2.45, 2.75) is 44.1 Å². The number of nitrogens with zero attached hydrogens (tertiary/aromatic N) is 1. The molecule has 1 aliphatic carbocycles. The number of aromatic nitrogens is 1. The highest BCUT2D eigenvalue weighted by molar-refractivity contribution is 7.13. The number of amides is 1. The molecule has 1 heterocycles. The molecule has 0 aromatic carbocycles. The van der Waals surface area contributed by atoms with E-state index in [1.807, 2.05) is 0 Å². The van der Waals surface area contributed by atoms with Gasteiger partial charge in [-0.1, -0.05) is 19.3 Å². The lowest BCUT2D eigenvalue weighted by molar-refractivity contribution is -0.149. The molecule has 1 amide bonds. The van der Waals surface area contributed by atoms with Crippen LogP contribution in [0.4, 0.5) is 5.13 Å². The van der Waals surface area contributed by atoms with Crippen molar-refractivity contribution in [3.05, 3.63) is 11.1 Å². The van der Waals surface area contributed by atoms with Crippen molar-refractivity contribution in [1.82, 2.24) is 10.3 Å². The van der Waals surface area contributed by atoms with Crippen LogP contribution in [-0.4, -0.2) is 27.5 Å². The van der Waals surface area contributed by atoms with Crippen molar-refractivity contribution in [3.8, 4) is 0 Å². The minimum atomic E-state index is -1.10. The van der Waals surface area contributed by atoms with E-state index in [4.69, 9.17) is 5.73 Å². The second-order valence-corrected chi connectivity index (χ2v) is 5.74. The molecule has 1 fully saturated rings. The summed E-state index contributed by atoms with van der Waals surface area (Å²) in [5, 5.41) is 14.2. The van der Waals surface area contributed by atoms with E-state index in [0.717, 1.165) is 19.3 Å². The lowest BCUT2D eigenvalue weighted by Gasteiger charge is -2.33.